The summed E-state index contributed by atoms with van der Waals surface area (Å²) in [7, 11) is 1.83. The van der Waals surface area contributed by atoms with Gasteiger partial charge in [-0.2, -0.15) is 4.98 Å². The lowest BCUT2D eigenvalue weighted by Crippen LogP contribution is -2.04. The largest absolute Gasteiger partial charge is 0.364 e. The fraction of sp³-hybridized carbons (Fsp3) is 0.308. The summed E-state index contributed by atoms with van der Waals surface area (Å²) >= 11 is 3.34. The fourth-order valence-electron chi connectivity index (χ4n) is 1.95. The molecule has 0 aliphatic rings. The average molecular weight is 305 g/mol. The Hall–Kier alpha value is -1.73. The molecule has 0 aliphatic carbocycles. The zero-order chi connectivity index (χ0) is 14.1. The van der Waals surface area contributed by atoms with Crippen molar-refractivity contribution >= 4 is 44.7 Å². The van der Waals surface area contributed by atoms with Crippen LogP contribution in [0.25, 0.3) is 10.2 Å². The normalized spacial score (nSPS) is 10.9. The second-order valence-corrected chi connectivity index (χ2v) is 6.61. The quantitative estimate of drug-likeness (QED) is 0.773. The van der Waals surface area contributed by atoms with Crippen LogP contribution in [0, 0.1) is 13.8 Å². The number of thiazole rings is 1. The van der Waals surface area contributed by atoms with Crippen LogP contribution in [0.3, 0.4) is 0 Å². The van der Waals surface area contributed by atoms with E-state index in [9.17, 15) is 0 Å². The van der Waals surface area contributed by atoms with Crippen LogP contribution in [-0.4, -0.2) is 22.0 Å². The minimum atomic E-state index is 0.642. The van der Waals surface area contributed by atoms with Crippen LogP contribution in [0.4, 0.5) is 11.8 Å². The predicted molar refractivity (Wildman–Crippen MR) is 85.9 cm³/mol. The summed E-state index contributed by atoms with van der Waals surface area (Å²) in [5.41, 5.74) is 2.94. The van der Waals surface area contributed by atoms with E-state index in [1.165, 1.54) is 9.75 Å². The average Bonchev–Trinajstić information content (AvgIpc) is 3.00. The van der Waals surface area contributed by atoms with Crippen molar-refractivity contribution in [2.45, 2.75) is 20.4 Å². The Balaban J connectivity index is 1.95. The molecule has 0 saturated carbocycles. The number of fused-ring (bicyclic) bond motifs is 1. The van der Waals surface area contributed by atoms with E-state index >= 15 is 0 Å². The van der Waals surface area contributed by atoms with Crippen molar-refractivity contribution in [1.29, 1.82) is 0 Å². The van der Waals surface area contributed by atoms with Crippen LogP contribution in [0.1, 0.15) is 15.4 Å². The topological polar surface area (TPSA) is 62.7 Å². The van der Waals surface area contributed by atoms with Gasteiger partial charge in [-0.3, -0.25) is 0 Å². The lowest BCUT2D eigenvalue weighted by Gasteiger charge is -2.07. The van der Waals surface area contributed by atoms with E-state index in [0.717, 1.165) is 28.3 Å². The monoisotopic (exact) mass is 305 g/mol. The molecule has 0 aromatic carbocycles. The third-order valence-electron chi connectivity index (χ3n) is 3.00. The fourth-order valence-corrected chi connectivity index (χ4v) is 3.54. The maximum atomic E-state index is 4.52. The summed E-state index contributed by atoms with van der Waals surface area (Å²) in [6.07, 6.45) is 0. The standard InChI is InChI=1S/C13H15N5S2/c1-7-4-9-11(15-5-10-8(2)16-6-19-10)17-13(14-3)18-12(9)20-7/h4,6H,5H2,1-3H3,(H2,14,15,17,18). The van der Waals surface area contributed by atoms with Gasteiger partial charge in [-0.1, -0.05) is 0 Å². The van der Waals surface area contributed by atoms with Crippen LogP contribution in [-0.2, 0) is 6.54 Å². The first-order chi connectivity index (χ1) is 9.67. The van der Waals surface area contributed by atoms with Gasteiger partial charge < -0.3 is 10.6 Å². The molecule has 20 heavy (non-hydrogen) atoms. The molecule has 0 spiro atoms. The molecule has 5 nitrogen and oxygen atoms in total. The molecule has 0 atom stereocenters. The highest BCUT2D eigenvalue weighted by Crippen LogP contribution is 2.30. The highest BCUT2D eigenvalue weighted by molar-refractivity contribution is 7.18. The lowest BCUT2D eigenvalue weighted by atomic mass is 10.3. The third-order valence-corrected chi connectivity index (χ3v) is 4.88. The summed E-state index contributed by atoms with van der Waals surface area (Å²) in [6, 6.07) is 2.13. The summed E-state index contributed by atoms with van der Waals surface area (Å²) in [5.74, 6) is 1.51. The Morgan fingerprint density at radius 2 is 2.10 bits per heavy atom. The van der Waals surface area contributed by atoms with E-state index in [-0.39, 0.29) is 0 Å². The zero-order valence-electron chi connectivity index (χ0n) is 11.5. The van der Waals surface area contributed by atoms with Gasteiger partial charge in [0.2, 0.25) is 5.95 Å². The molecular formula is C13H15N5S2. The number of aromatic nitrogens is 3. The number of rotatable bonds is 4. The predicted octanol–water partition coefficient (Wildman–Crippen LogP) is 3.42. The van der Waals surface area contributed by atoms with Crippen LogP contribution in [0.2, 0.25) is 0 Å². The van der Waals surface area contributed by atoms with E-state index in [2.05, 4.69) is 38.6 Å². The summed E-state index contributed by atoms with van der Waals surface area (Å²) in [4.78, 5) is 16.7. The maximum Gasteiger partial charge on any atom is 0.225 e. The summed E-state index contributed by atoms with van der Waals surface area (Å²) < 4.78 is 0. The van der Waals surface area contributed by atoms with E-state index < -0.39 is 0 Å². The van der Waals surface area contributed by atoms with Gasteiger partial charge in [-0.05, 0) is 19.9 Å². The van der Waals surface area contributed by atoms with Crippen molar-refractivity contribution in [1.82, 2.24) is 15.0 Å². The molecule has 0 bridgehead atoms. The van der Waals surface area contributed by atoms with Crippen molar-refractivity contribution in [3.05, 3.63) is 27.0 Å². The number of anilines is 2. The SMILES string of the molecule is CNc1nc(NCc2scnc2C)c2cc(C)sc2n1. The lowest BCUT2D eigenvalue weighted by molar-refractivity contribution is 1.09. The maximum absolute atomic E-state index is 4.52. The van der Waals surface area contributed by atoms with Gasteiger partial charge in [-0.25, -0.2) is 9.97 Å². The minimum absolute atomic E-state index is 0.642. The molecule has 0 fully saturated rings. The van der Waals surface area contributed by atoms with E-state index in [4.69, 9.17) is 0 Å². The van der Waals surface area contributed by atoms with Crippen LogP contribution < -0.4 is 10.6 Å². The first-order valence-corrected chi connectivity index (χ1v) is 7.95. The van der Waals surface area contributed by atoms with Gasteiger partial charge in [0.05, 0.1) is 23.1 Å². The number of thiophene rings is 1. The molecule has 2 N–H and O–H groups in total. The molecule has 3 aromatic rings. The highest BCUT2D eigenvalue weighted by Gasteiger charge is 2.10. The van der Waals surface area contributed by atoms with E-state index in [1.807, 2.05) is 19.5 Å². The molecule has 0 aliphatic heterocycles. The van der Waals surface area contributed by atoms with E-state index in [0.29, 0.717) is 5.95 Å². The van der Waals surface area contributed by atoms with Crippen LogP contribution in [0.5, 0.6) is 0 Å². The molecule has 3 heterocycles. The van der Waals surface area contributed by atoms with Crippen LogP contribution >= 0.6 is 22.7 Å². The molecule has 3 rings (SSSR count). The van der Waals surface area contributed by atoms with Crippen LogP contribution in [0.15, 0.2) is 11.6 Å². The number of nitrogens with zero attached hydrogens (tertiary/aromatic N) is 3. The smallest absolute Gasteiger partial charge is 0.225 e. The Morgan fingerprint density at radius 3 is 2.80 bits per heavy atom. The number of hydrogen-bond acceptors (Lipinski definition) is 7. The van der Waals surface area contributed by atoms with Crippen molar-refractivity contribution < 1.29 is 0 Å². The number of hydrogen-bond donors (Lipinski definition) is 2. The summed E-state index contributed by atoms with van der Waals surface area (Å²) in [6.45, 7) is 4.85. The van der Waals surface area contributed by atoms with Crippen molar-refractivity contribution in [3.63, 3.8) is 0 Å². The molecule has 7 heteroatoms. The number of aryl methyl sites for hydroxylation is 2. The Kier molecular flexibility index (Phi) is 3.54. The van der Waals surface area contributed by atoms with Gasteiger partial charge in [0.25, 0.3) is 0 Å². The number of nitrogens with one attached hydrogen (secondary N) is 2. The van der Waals surface area contributed by atoms with Gasteiger partial charge in [0, 0.05) is 16.8 Å². The van der Waals surface area contributed by atoms with E-state index in [1.54, 1.807) is 22.7 Å². The van der Waals surface area contributed by atoms with Crippen molar-refractivity contribution in [2.24, 2.45) is 0 Å². The third kappa shape index (κ3) is 2.46. The second-order valence-electron chi connectivity index (χ2n) is 4.44. The molecule has 0 radical (unpaired) electrons. The first kappa shape index (κ1) is 13.3. The molecular weight excluding hydrogens is 290 g/mol. The van der Waals surface area contributed by atoms with Gasteiger partial charge >= 0.3 is 0 Å². The van der Waals surface area contributed by atoms with Gasteiger partial charge in [-0.15, -0.1) is 22.7 Å². The summed E-state index contributed by atoms with van der Waals surface area (Å²) in [5, 5.41) is 7.49. The molecule has 0 unspecified atom stereocenters. The minimum Gasteiger partial charge on any atom is -0.364 e. The molecule has 0 amide bonds. The Bertz CT molecular complexity index is 746. The Labute approximate surface area is 125 Å². The first-order valence-electron chi connectivity index (χ1n) is 6.26. The Morgan fingerprint density at radius 1 is 1.25 bits per heavy atom. The second kappa shape index (κ2) is 5.34. The van der Waals surface area contributed by atoms with Crippen molar-refractivity contribution in [3.8, 4) is 0 Å². The van der Waals surface area contributed by atoms with Gasteiger partial charge in [0.1, 0.15) is 10.6 Å². The van der Waals surface area contributed by atoms with Gasteiger partial charge in [0.15, 0.2) is 0 Å². The van der Waals surface area contributed by atoms with Crippen molar-refractivity contribution in [2.75, 3.05) is 17.7 Å². The molecule has 0 saturated heterocycles. The highest BCUT2D eigenvalue weighted by atomic mass is 32.1. The molecule has 3 aromatic heterocycles. The zero-order valence-corrected chi connectivity index (χ0v) is 13.2. The molecule has 104 valence electrons.